The number of nitrogens with zero attached hydrogens (tertiary/aromatic N) is 1. The summed E-state index contributed by atoms with van der Waals surface area (Å²) in [7, 11) is 0. The summed E-state index contributed by atoms with van der Waals surface area (Å²) in [6.45, 7) is 1.76. The lowest BCUT2D eigenvalue weighted by Crippen LogP contribution is -2.15. The number of hydrogen-bond acceptors (Lipinski definition) is 4. The van der Waals surface area contributed by atoms with Crippen molar-refractivity contribution in [3.8, 4) is 0 Å². The van der Waals surface area contributed by atoms with Gasteiger partial charge in [0.15, 0.2) is 5.84 Å². The van der Waals surface area contributed by atoms with E-state index in [4.69, 9.17) is 10.9 Å². The molecule has 3 N–H and O–H groups in total. The van der Waals surface area contributed by atoms with Crippen LogP contribution in [0.2, 0.25) is 0 Å². The number of amidine groups is 1. The van der Waals surface area contributed by atoms with Gasteiger partial charge in [-0.15, -0.1) is 0 Å². The van der Waals surface area contributed by atoms with Crippen LogP contribution in [0.1, 0.15) is 22.8 Å². The Balaban J connectivity index is 3.13. The molecule has 0 saturated carbocycles. The van der Waals surface area contributed by atoms with E-state index in [1.165, 1.54) is 12.1 Å². The molecule has 0 spiro atoms. The van der Waals surface area contributed by atoms with Crippen molar-refractivity contribution >= 4 is 11.8 Å². The molecule has 1 rings (SSSR count). The van der Waals surface area contributed by atoms with Crippen LogP contribution >= 0.6 is 0 Å². The van der Waals surface area contributed by atoms with Crippen molar-refractivity contribution in [1.29, 1.82) is 0 Å². The first-order valence-electron chi connectivity index (χ1n) is 4.54. The predicted octanol–water partition coefficient (Wildman–Crippen LogP) is 1.10. The predicted molar refractivity (Wildman–Crippen MR) is 54.9 cm³/mol. The highest BCUT2D eigenvalue weighted by atomic mass is 19.1. The number of hydrogen-bond donors (Lipinski definition) is 2. The first-order valence-corrected chi connectivity index (χ1v) is 4.54. The molecular weight excluding hydrogens is 215 g/mol. The van der Waals surface area contributed by atoms with E-state index < -0.39 is 11.8 Å². The molecule has 0 aliphatic rings. The summed E-state index contributed by atoms with van der Waals surface area (Å²) in [4.78, 5) is 11.3. The molecule has 6 heteroatoms. The van der Waals surface area contributed by atoms with Crippen LogP contribution in [-0.2, 0) is 4.74 Å². The maximum atomic E-state index is 13.3. The lowest BCUT2D eigenvalue weighted by Gasteiger charge is -2.05. The molecule has 5 nitrogen and oxygen atoms in total. The zero-order valence-electron chi connectivity index (χ0n) is 8.61. The Morgan fingerprint density at radius 1 is 1.62 bits per heavy atom. The number of benzene rings is 1. The molecular formula is C10H11FN2O3. The second-order valence-corrected chi connectivity index (χ2v) is 2.90. The normalized spacial score (nSPS) is 11.2. The van der Waals surface area contributed by atoms with Crippen LogP contribution in [0.25, 0.3) is 0 Å². The number of esters is 1. The highest BCUT2D eigenvalue weighted by Gasteiger charge is 2.14. The van der Waals surface area contributed by atoms with Crippen molar-refractivity contribution in [3.05, 3.63) is 35.1 Å². The highest BCUT2D eigenvalue weighted by Crippen LogP contribution is 2.12. The van der Waals surface area contributed by atoms with Gasteiger partial charge >= 0.3 is 5.97 Å². The van der Waals surface area contributed by atoms with Crippen molar-refractivity contribution in [3.63, 3.8) is 0 Å². The lowest BCUT2D eigenvalue weighted by atomic mass is 10.1. The molecule has 0 radical (unpaired) electrons. The van der Waals surface area contributed by atoms with Crippen LogP contribution in [0.3, 0.4) is 0 Å². The number of halogens is 1. The van der Waals surface area contributed by atoms with Crippen molar-refractivity contribution in [2.45, 2.75) is 6.92 Å². The summed E-state index contributed by atoms with van der Waals surface area (Å²) in [5, 5.41) is 11.2. The summed E-state index contributed by atoms with van der Waals surface area (Å²) in [6.07, 6.45) is 0. The molecule has 86 valence electrons. The van der Waals surface area contributed by atoms with Gasteiger partial charge in [0.25, 0.3) is 0 Å². The minimum absolute atomic E-state index is 0.145. The van der Waals surface area contributed by atoms with Crippen LogP contribution in [0.5, 0.6) is 0 Å². The van der Waals surface area contributed by atoms with Gasteiger partial charge in [-0.3, -0.25) is 0 Å². The Morgan fingerprint density at radius 2 is 2.31 bits per heavy atom. The molecule has 0 aromatic heterocycles. The molecule has 0 atom stereocenters. The Bertz CT molecular complexity index is 432. The minimum atomic E-state index is -0.785. The molecule has 0 heterocycles. The van der Waals surface area contributed by atoms with Crippen LogP contribution < -0.4 is 5.73 Å². The molecule has 0 aliphatic heterocycles. The third kappa shape index (κ3) is 2.47. The molecule has 0 aliphatic carbocycles. The highest BCUT2D eigenvalue weighted by molar-refractivity contribution is 5.99. The van der Waals surface area contributed by atoms with Gasteiger partial charge in [-0.1, -0.05) is 5.16 Å². The van der Waals surface area contributed by atoms with E-state index in [-0.39, 0.29) is 23.6 Å². The fourth-order valence-corrected chi connectivity index (χ4v) is 1.11. The average Bonchev–Trinajstić information content (AvgIpc) is 2.29. The van der Waals surface area contributed by atoms with E-state index in [9.17, 15) is 9.18 Å². The molecule has 0 saturated heterocycles. The molecule has 1 aromatic rings. The maximum absolute atomic E-state index is 13.3. The number of carbonyl (C=O) groups is 1. The second-order valence-electron chi connectivity index (χ2n) is 2.90. The summed E-state index contributed by atoms with van der Waals surface area (Å²) >= 11 is 0. The molecule has 0 amide bonds. The molecule has 0 bridgehead atoms. The zero-order chi connectivity index (χ0) is 12.1. The first kappa shape index (κ1) is 12.0. The van der Waals surface area contributed by atoms with Gasteiger partial charge in [0, 0.05) is 5.56 Å². The van der Waals surface area contributed by atoms with Gasteiger partial charge in [-0.2, -0.15) is 0 Å². The SMILES string of the molecule is CCOC(=O)c1cc(/C(N)=N/O)ccc1F. The fraction of sp³-hybridized carbons (Fsp3) is 0.200. The lowest BCUT2D eigenvalue weighted by molar-refractivity contribution is 0.0521. The fourth-order valence-electron chi connectivity index (χ4n) is 1.11. The third-order valence-electron chi connectivity index (χ3n) is 1.87. The number of nitrogens with two attached hydrogens (primary N) is 1. The summed E-state index contributed by atoms with van der Waals surface area (Å²) in [5.74, 6) is -1.70. The second kappa shape index (κ2) is 5.11. The van der Waals surface area contributed by atoms with Crippen molar-refractivity contribution in [2.75, 3.05) is 6.61 Å². The zero-order valence-corrected chi connectivity index (χ0v) is 8.61. The summed E-state index contributed by atoms with van der Waals surface area (Å²) < 4.78 is 17.9. The summed E-state index contributed by atoms with van der Waals surface area (Å²) in [6, 6.07) is 3.52. The quantitative estimate of drug-likeness (QED) is 0.266. The van der Waals surface area contributed by atoms with Gasteiger partial charge in [0.1, 0.15) is 5.82 Å². The maximum Gasteiger partial charge on any atom is 0.341 e. The van der Waals surface area contributed by atoms with Gasteiger partial charge in [0.05, 0.1) is 12.2 Å². The van der Waals surface area contributed by atoms with Crippen LogP contribution in [0.4, 0.5) is 4.39 Å². The first-order chi connectivity index (χ1) is 7.60. The topological polar surface area (TPSA) is 84.9 Å². The number of carbonyl (C=O) groups excluding carboxylic acids is 1. The Labute approximate surface area is 91.3 Å². The molecule has 0 unspecified atom stereocenters. The van der Waals surface area contributed by atoms with E-state index >= 15 is 0 Å². The van der Waals surface area contributed by atoms with Crippen LogP contribution in [-0.4, -0.2) is 23.6 Å². The van der Waals surface area contributed by atoms with Crippen molar-refractivity contribution in [1.82, 2.24) is 0 Å². The average molecular weight is 226 g/mol. The summed E-state index contributed by atoms with van der Waals surface area (Å²) in [5.41, 5.74) is 5.31. The van der Waals surface area contributed by atoms with E-state index in [0.717, 1.165) is 6.07 Å². The number of rotatable bonds is 3. The minimum Gasteiger partial charge on any atom is -0.462 e. The molecule has 0 fully saturated rings. The Kier molecular flexibility index (Phi) is 3.82. The van der Waals surface area contributed by atoms with Crippen molar-refractivity contribution < 1.29 is 19.1 Å². The number of ether oxygens (including phenoxy) is 1. The molecule has 1 aromatic carbocycles. The van der Waals surface area contributed by atoms with E-state index in [1.54, 1.807) is 6.92 Å². The number of oxime groups is 1. The van der Waals surface area contributed by atoms with Gasteiger partial charge in [-0.25, -0.2) is 9.18 Å². The van der Waals surface area contributed by atoms with Gasteiger partial charge in [-0.05, 0) is 25.1 Å². The van der Waals surface area contributed by atoms with E-state index in [2.05, 4.69) is 9.89 Å². The van der Waals surface area contributed by atoms with Crippen LogP contribution in [0, 0.1) is 5.82 Å². The third-order valence-corrected chi connectivity index (χ3v) is 1.87. The van der Waals surface area contributed by atoms with Crippen molar-refractivity contribution in [2.24, 2.45) is 10.9 Å². The van der Waals surface area contributed by atoms with E-state index in [0.29, 0.717) is 0 Å². The molecule has 16 heavy (non-hydrogen) atoms. The van der Waals surface area contributed by atoms with Gasteiger partial charge in [0.2, 0.25) is 0 Å². The van der Waals surface area contributed by atoms with Gasteiger partial charge < -0.3 is 15.7 Å². The largest absolute Gasteiger partial charge is 0.462 e. The Hall–Kier alpha value is -2.11. The smallest absolute Gasteiger partial charge is 0.341 e. The standard InChI is InChI=1S/C10H11FN2O3/c1-2-16-10(14)7-5-6(9(12)13-15)3-4-8(7)11/h3-5,15H,2H2,1H3,(H2,12,13). The van der Waals surface area contributed by atoms with E-state index in [1.807, 2.05) is 0 Å². The Morgan fingerprint density at radius 3 is 2.88 bits per heavy atom. The monoisotopic (exact) mass is 226 g/mol. The van der Waals surface area contributed by atoms with Crippen LogP contribution in [0.15, 0.2) is 23.4 Å².